The monoisotopic (exact) mass is 294 g/mol. The molecule has 0 atom stereocenters. The van der Waals surface area contributed by atoms with E-state index < -0.39 is 10.4 Å². The minimum Gasteiger partial charge on any atom is -0.384 e. The van der Waals surface area contributed by atoms with Crippen LogP contribution in [-0.2, 0) is 10.4 Å². The maximum absolute atomic E-state index is 8.74. The first kappa shape index (κ1) is 17.2. The lowest BCUT2D eigenvalue weighted by Gasteiger charge is -2.06. The fraction of sp³-hybridized carbons (Fsp3) is 0.400. The van der Waals surface area contributed by atoms with Gasteiger partial charge in [0.2, 0.25) is 0 Å². The summed E-state index contributed by atoms with van der Waals surface area (Å²) in [5, 5.41) is 6.58. The molecule has 0 unspecified atom stereocenters. The number of thiol groups is 1. The topological polar surface area (TPSA) is 98.7 Å². The Kier molecular flexibility index (Phi) is 9.70. The molecule has 1 rings (SSSR count). The molecular weight excluding hydrogens is 276 g/mol. The number of anilines is 1. The molecule has 104 valence electrons. The van der Waals surface area contributed by atoms with Gasteiger partial charge < -0.3 is 10.6 Å². The van der Waals surface area contributed by atoms with E-state index in [0.29, 0.717) is 0 Å². The normalized spacial score (nSPS) is 10.4. The second kappa shape index (κ2) is 10.2. The number of benzene rings is 1. The van der Waals surface area contributed by atoms with Gasteiger partial charge in [0.15, 0.2) is 0 Å². The molecule has 6 nitrogen and oxygen atoms in total. The van der Waals surface area contributed by atoms with Crippen LogP contribution >= 0.6 is 12.6 Å². The van der Waals surface area contributed by atoms with E-state index in [2.05, 4.69) is 35.4 Å². The lowest BCUT2D eigenvalue weighted by molar-refractivity contribution is 0.381. The van der Waals surface area contributed by atoms with E-state index in [1.54, 1.807) is 0 Å². The third-order valence-electron chi connectivity index (χ3n) is 1.69. The average Bonchev–Trinajstić information content (AvgIpc) is 2.28. The Balaban J connectivity index is 0.000000494. The first-order valence-corrected chi connectivity index (χ1v) is 7.27. The van der Waals surface area contributed by atoms with Crippen LogP contribution in [0.25, 0.3) is 0 Å². The SMILES string of the molecule is O=S(=O)(O)O.SCCNCCNc1ccccc1. The number of rotatable bonds is 6. The summed E-state index contributed by atoms with van der Waals surface area (Å²) in [6.07, 6.45) is 0. The van der Waals surface area contributed by atoms with Crippen molar-refractivity contribution in [1.29, 1.82) is 0 Å². The van der Waals surface area contributed by atoms with Crippen LogP contribution < -0.4 is 10.6 Å². The van der Waals surface area contributed by atoms with Gasteiger partial charge in [0.25, 0.3) is 0 Å². The van der Waals surface area contributed by atoms with Crippen molar-refractivity contribution in [3.05, 3.63) is 30.3 Å². The van der Waals surface area contributed by atoms with E-state index >= 15 is 0 Å². The Bertz CT molecular complexity index is 390. The molecule has 18 heavy (non-hydrogen) atoms. The van der Waals surface area contributed by atoms with Crippen molar-refractivity contribution in [2.75, 3.05) is 30.7 Å². The predicted octanol–water partition coefficient (Wildman–Crippen LogP) is 0.965. The van der Waals surface area contributed by atoms with Gasteiger partial charge >= 0.3 is 10.4 Å². The van der Waals surface area contributed by atoms with Gasteiger partial charge in [-0.25, -0.2) is 0 Å². The van der Waals surface area contributed by atoms with Crippen LogP contribution in [-0.4, -0.2) is 42.9 Å². The summed E-state index contributed by atoms with van der Waals surface area (Å²) in [6.45, 7) is 2.91. The Hall–Kier alpha value is -0.800. The number of hydrogen-bond donors (Lipinski definition) is 5. The van der Waals surface area contributed by atoms with Gasteiger partial charge in [0, 0.05) is 31.1 Å². The molecule has 8 heteroatoms. The van der Waals surface area contributed by atoms with Crippen molar-refractivity contribution < 1.29 is 17.5 Å². The number of para-hydroxylation sites is 1. The summed E-state index contributed by atoms with van der Waals surface area (Å²) < 4.78 is 31.6. The highest BCUT2D eigenvalue weighted by Crippen LogP contribution is 2.03. The summed E-state index contributed by atoms with van der Waals surface area (Å²) in [6, 6.07) is 10.2. The largest absolute Gasteiger partial charge is 0.394 e. The summed E-state index contributed by atoms with van der Waals surface area (Å²) in [5.74, 6) is 0.894. The van der Waals surface area contributed by atoms with Gasteiger partial charge in [-0.2, -0.15) is 21.0 Å². The van der Waals surface area contributed by atoms with E-state index in [9.17, 15) is 0 Å². The van der Waals surface area contributed by atoms with Crippen LogP contribution in [0.1, 0.15) is 0 Å². The van der Waals surface area contributed by atoms with Crippen LogP contribution in [0.2, 0.25) is 0 Å². The third kappa shape index (κ3) is 15.2. The molecule has 0 aliphatic heterocycles. The van der Waals surface area contributed by atoms with Crippen LogP contribution in [0.5, 0.6) is 0 Å². The predicted molar refractivity (Wildman–Crippen MR) is 75.8 cm³/mol. The average molecular weight is 294 g/mol. The van der Waals surface area contributed by atoms with Gasteiger partial charge in [0.05, 0.1) is 0 Å². The quantitative estimate of drug-likeness (QED) is 0.305. The molecule has 0 saturated carbocycles. The number of nitrogens with one attached hydrogen (secondary N) is 2. The highest BCUT2D eigenvalue weighted by atomic mass is 32.3. The Morgan fingerprint density at radius 3 is 2.11 bits per heavy atom. The highest BCUT2D eigenvalue weighted by Gasteiger charge is 1.88. The Labute approximate surface area is 113 Å². The molecule has 0 fully saturated rings. The van der Waals surface area contributed by atoms with Crippen molar-refractivity contribution in [2.45, 2.75) is 0 Å². The molecule has 0 amide bonds. The minimum absolute atomic E-state index is 0.894. The zero-order valence-corrected chi connectivity index (χ0v) is 11.5. The van der Waals surface area contributed by atoms with Crippen LogP contribution in [0.3, 0.4) is 0 Å². The van der Waals surface area contributed by atoms with E-state index in [4.69, 9.17) is 17.5 Å². The standard InChI is InChI=1S/C10H16N2S.H2O4S/c13-9-8-11-6-7-12-10-4-2-1-3-5-10;1-5(2,3)4/h1-5,11-13H,6-9H2;(H2,1,2,3,4). The molecule has 0 radical (unpaired) electrons. The van der Waals surface area contributed by atoms with Crippen LogP contribution in [0.15, 0.2) is 30.3 Å². The van der Waals surface area contributed by atoms with Crippen molar-refractivity contribution in [3.8, 4) is 0 Å². The summed E-state index contributed by atoms with van der Waals surface area (Å²) >= 11 is 4.11. The van der Waals surface area contributed by atoms with E-state index in [1.165, 1.54) is 5.69 Å². The second-order valence-electron chi connectivity index (χ2n) is 3.21. The highest BCUT2D eigenvalue weighted by molar-refractivity contribution is 7.80. The van der Waals surface area contributed by atoms with Crippen LogP contribution in [0, 0.1) is 0 Å². The van der Waals surface area contributed by atoms with E-state index in [1.807, 2.05) is 18.2 Å². The van der Waals surface area contributed by atoms with Gasteiger partial charge in [0.1, 0.15) is 0 Å². The van der Waals surface area contributed by atoms with Gasteiger partial charge in [-0.3, -0.25) is 9.11 Å². The maximum Gasteiger partial charge on any atom is 0.394 e. The number of hydrogen-bond acceptors (Lipinski definition) is 5. The van der Waals surface area contributed by atoms with E-state index in [-0.39, 0.29) is 0 Å². The molecular formula is C10H18N2O4S2. The zero-order chi connectivity index (χ0) is 13.9. The molecule has 0 aromatic heterocycles. The van der Waals surface area contributed by atoms with E-state index in [0.717, 1.165) is 25.4 Å². The molecule has 0 aliphatic rings. The first-order valence-electron chi connectivity index (χ1n) is 5.24. The minimum atomic E-state index is -4.67. The van der Waals surface area contributed by atoms with Crippen molar-refractivity contribution in [2.24, 2.45) is 0 Å². The fourth-order valence-corrected chi connectivity index (χ4v) is 1.21. The summed E-state index contributed by atoms with van der Waals surface area (Å²) in [5.41, 5.74) is 1.18. The summed E-state index contributed by atoms with van der Waals surface area (Å²) in [4.78, 5) is 0. The Morgan fingerprint density at radius 1 is 1.06 bits per heavy atom. The summed E-state index contributed by atoms with van der Waals surface area (Å²) in [7, 11) is -4.67. The molecule has 0 spiro atoms. The van der Waals surface area contributed by atoms with Crippen molar-refractivity contribution in [1.82, 2.24) is 5.32 Å². The van der Waals surface area contributed by atoms with Crippen LogP contribution in [0.4, 0.5) is 5.69 Å². The second-order valence-corrected chi connectivity index (χ2v) is 4.56. The third-order valence-corrected chi connectivity index (χ3v) is 1.92. The van der Waals surface area contributed by atoms with Crippen molar-refractivity contribution >= 4 is 28.7 Å². The van der Waals surface area contributed by atoms with Gasteiger partial charge in [-0.1, -0.05) is 18.2 Å². The van der Waals surface area contributed by atoms with Crippen molar-refractivity contribution in [3.63, 3.8) is 0 Å². The smallest absolute Gasteiger partial charge is 0.384 e. The molecule has 0 bridgehead atoms. The molecule has 0 aliphatic carbocycles. The maximum atomic E-state index is 8.74. The molecule has 0 heterocycles. The van der Waals surface area contributed by atoms with Gasteiger partial charge in [-0.05, 0) is 12.1 Å². The molecule has 0 saturated heterocycles. The first-order chi connectivity index (χ1) is 8.43. The molecule has 4 N–H and O–H groups in total. The van der Waals surface area contributed by atoms with Gasteiger partial charge in [-0.15, -0.1) is 0 Å². The lowest BCUT2D eigenvalue weighted by Crippen LogP contribution is -2.23. The zero-order valence-electron chi connectivity index (χ0n) is 9.78. The molecule has 1 aromatic rings. The Morgan fingerprint density at radius 2 is 1.61 bits per heavy atom. The molecule has 1 aromatic carbocycles. The lowest BCUT2D eigenvalue weighted by atomic mass is 10.3. The fourth-order valence-electron chi connectivity index (χ4n) is 1.06.